The molecule has 2 heterocycles. The van der Waals surface area contributed by atoms with Crippen LogP contribution in [0.5, 0.6) is 0 Å². The van der Waals surface area contributed by atoms with Gasteiger partial charge >= 0.3 is 0 Å². The van der Waals surface area contributed by atoms with Crippen LogP contribution in [0.15, 0.2) is 78.9 Å². The van der Waals surface area contributed by atoms with Crippen molar-refractivity contribution in [3.8, 4) is 0 Å². The monoisotopic (exact) mass is 315 g/mol. The highest BCUT2D eigenvalue weighted by Gasteiger charge is 2.34. The van der Waals surface area contributed by atoms with Gasteiger partial charge in [-0.15, -0.1) is 0 Å². The number of aryl methyl sites for hydroxylation is 1. The molecule has 0 aliphatic carbocycles. The molecule has 3 nitrogen and oxygen atoms in total. The van der Waals surface area contributed by atoms with Gasteiger partial charge in [0, 0.05) is 30.2 Å². The number of hydrogen-bond acceptors (Lipinski definition) is 3. The highest BCUT2D eigenvalue weighted by atomic mass is 15.4. The molecule has 3 heteroatoms. The Labute approximate surface area is 143 Å². The molecule has 24 heavy (non-hydrogen) atoms. The van der Waals surface area contributed by atoms with Gasteiger partial charge in [0.05, 0.1) is 5.69 Å². The third-order valence-electron chi connectivity index (χ3n) is 4.52. The van der Waals surface area contributed by atoms with E-state index in [1.807, 2.05) is 0 Å². The van der Waals surface area contributed by atoms with Crippen LogP contribution in [0.4, 0.5) is 11.4 Å². The van der Waals surface area contributed by atoms with Crippen LogP contribution in [0, 0.1) is 6.92 Å². The van der Waals surface area contributed by atoms with Gasteiger partial charge in [-0.05, 0) is 43.3 Å². The smallest absolute Gasteiger partial charge is 0.146 e. The minimum Gasteiger partial charge on any atom is -0.344 e. The second-order valence-corrected chi connectivity index (χ2v) is 6.14. The molecular formula is C21H21N3. The van der Waals surface area contributed by atoms with Crippen LogP contribution in [-0.4, -0.2) is 18.1 Å². The first-order chi connectivity index (χ1) is 11.8. The molecule has 0 amide bonds. The SMILES string of the molecule is Cc1cccc(C2N(c3ccccc3)CCN2c2ccccc2)n1. The average Bonchev–Trinajstić information content (AvgIpc) is 3.08. The van der Waals surface area contributed by atoms with E-state index in [2.05, 4.69) is 95.6 Å². The van der Waals surface area contributed by atoms with Gasteiger partial charge < -0.3 is 9.80 Å². The van der Waals surface area contributed by atoms with E-state index in [1.165, 1.54) is 11.4 Å². The van der Waals surface area contributed by atoms with Gasteiger partial charge in [-0.2, -0.15) is 0 Å². The summed E-state index contributed by atoms with van der Waals surface area (Å²) < 4.78 is 0. The number of aromatic nitrogens is 1. The fourth-order valence-corrected chi connectivity index (χ4v) is 3.44. The summed E-state index contributed by atoms with van der Waals surface area (Å²) in [6, 6.07) is 27.5. The Morgan fingerprint density at radius 3 is 1.75 bits per heavy atom. The second kappa shape index (κ2) is 6.36. The Hall–Kier alpha value is -2.81. The molecule has 0 unspecified atom stereocenters. The van der Waals surface area contributed by atoms with Crippen molar-refractivity contribution in [2.45, 2.75) is 13.1 Å². The van der Waals surface area contributed by atoms with Crippen molar-refractivity contribution in [3.05, 3.63) is 90.3 Å². The third kappa shape index (κ3) is 2.73. The summed E-state index contributed by atoms with van der Waals surface area (Å²) in [5.74, 6) is 0. The van der Waals surface area contributed by atoms with Crippen molar-refractivity contribution in [1.29, 1.82) is 0 Å². The first-order valence-corrected chi connectivity index (χ1v) is 8.40. The molecule has 1 aromatic heterocycles. The maximum Gasteiger partial charge on any atom is 0.146 e. The van der Waals surface area contributed by atoms with E-state index in [0.717, 1.165) is 24.5 Å². The summed E-state index contributed by atoms with van der Waals surface area (Å²) in [5, 5.41) is 0. The van der Waals surface area contributed by atoms with Gasteiger partial charge in [-0.1, -0.05) is 42.5 Å². The van der Waals surface area contributed by atoms with Crippen LogP contribution in [0.25, 0.3) is 0 Å². The summed E-state index contributed by atoms with van der Waals surface area (Å²) in [6.07, 6.45) is 0.120. The summed E-state index contributed by atoms with van der Waals surface area (Å²) in [4.78, 5) is 9.70. The maximum atomic E-state index is 4.82. The van der Waals surface area contributed by atoms with E-state index in [0.29, 0.717) is 0 Å². The number of nitrogens with zero attached hydrogens (tertiary/aromatic N) is 3. The molecule has 0 bridgehead atoms. The fourth-order valence-electron chi connectivity index (χ4n) is 3.44. The number of para-hydroxylation sites is 2. The zero-order valence-electron chi connectivity index (χ0n) is 13.8. The molecule has 120 valence electrons. The Kier molecular flexibility index (Phi) is 3.91. The van der Waals surface area contributed by atoms with E-state index in [1.54, 1.807) is 0 Å². The zero-order valence-corrected chi connectivity index (χ0v) is 13.8. The Morgan fingerprint density at radius 2 is 1.25 bits per heavy atom. The highest BCUT2D eigenvalue weighted by molar-refractivity contribution is 5.58. The first-order valence-electron chi connectivity index (χ1n) is 8.40. The van der Waals surface area contributed by atoms with Crippen molar-refractivity contribution in [3.63, 3.8) is 0 Å². The van der Waals surface area contributed by atoms with Crippen molar-refractivity contribution in [1.82, 2.24) is 4.98 Å². The first kappa shape index (κ1) is 14.8. The Morgan fingerprint density at radius 1 is 0.708 bits per heavy atom. The molecule has 4 rings (SSSR count). The number of anilines is 2. The molecule has 1 fully saturated rings. The number of hydrogen-bond donors (Lipinski definition) is 0. The quantitative estimate of drug-likeness (QED) is 0.713. The van der Waals surface area contributed by atoms with Crippen LogP contribution in [0.3, 0.4) is 0 Å². The zero-order chi connectivity index (χ0) is 16.4. The van der Waals surface area contributed by atoms with Crippen molar-refractivity contribution in [2.75, 3.05) is 22.9 Å². The highest BCUT2D eigenvalue weighted by Crippen LogP contribution is 2.36. The molecule has 2 aromatic carbocycles. The number of pyridine rings is 1. The topological polar surface area (TPSA) is 19.4 Å². The van der Waals surface area contributed by atoms with Crippen molar-refractivity contribution in [2.24, 2.45) is 0 Å². The Balaban J connectivity index is 1.78. The second-order valence-electron chi connectivity index (χ2n) is 6.14. The predicted octanol–water partition coefficient (Wildman–Crippen LogP) is 4.42. The average molecular weight is 315 g/mol. The van der Waals surface area contributed by atoms with Crippen LogP contribution in [0.1, 0.15) is 17.6 Å². The predicted molar refractivity (Wildman–Crippen MR) is 99.3 cm³/mol. The van der Waals surface area contributed by atoms with Crippen molar-refractivity contribution < 1.29 is 0 Å². The van der Waals surface area contributed by atoms with Gasteiger partial charge in [0.2, 0.25) is 0 Å². The molecular weight excluding hydrogens is 294 g/mol. The lowest BCUT2D eigenvalue weighted by molar-refractivity contribution is 0.690. The molecule has 0 radical (unpaired) electrons. The normalized spacial score (nSPS) is 15.0. The van der Waals surface area contributed by atoms with E-state index in [9.17, 15) is 0 Å². The molecule has 0 N–H and O–H groups in total. The lowest BCUT2D eigenvalue weighted by Crippen LogP contribution is -2.31. The van der Waals surface area contributed by atoms with Gasteiger partial charge in [0.1, 0.15) is 6.17 Å². The van der Waals surface area contributed by atoms with Crippen molar-refractivity contribution >= 4 is 11.4 Å². The van der Waals surface area contributed by atoms with Crippen LogP contribution in [0.2, 0.25) is 0 Å². The minimum atomic E-state index is 0.120. The number of benzene rings is 2. The van der Waals surface area contributed by atoms with Gasteiger partial charge in [0.25, 0.3) is 0 Å². The standard InChI is InChI=1S/C21H21N3/c1-17-9-8-14-20(22-17)21-23(18-10-4-2-5-11-18)15-16-24(21)19-12-6-3-7-13-19/h2-14,21H,15-16H2,1H3. The van der Waals surface area contributed by atoms with E-state index < -0.39 is 0 Å². The molecule has 1 saturated heterocycles. The minimum absolute atomic E-state index is 0.120. The van der Waals surface area contributed by atoms with Crippen LogP contribution in [-0.2, 0) is 0 Å². The maximum absolute atomic E-state index is 4.82. The molecule has 1 aliphatic heterocycles. The summed E-state index contributed by atoms with van der Waals surface area (Å²) in [5.41, 5.74) is 4.63. The van der Waals surface area contributed by atoms with Crippen LogP contribution >= 0.6 is 0 Å². The largest absolute Gasteiger partial charge is 0.344 e. The number of rotatable bonds is 3. The van der Waals surface area contributed by atoms with E-state index in [-0.39, 0.29) is 6.17 Å². The fraction of sp³-hybridized carbons (Fsp3) is 0.190. The summed E-state index contributed by atoms with van der Waals surface area (Å²) in [6.45, 7) is 4.02. The van der Waals surface area contributed by atoms with Crippen LogP contribution < -0.4 is 9.80 Å². The van der Waals surface area contributed by atoms with Gasteiger partial charge in [0.15, 0.2) is 0 Å². The summed E-state index contributed by atoms with van der Waals surface area (Å²) in [7, 11) is 0. The van der Waals surface area contributed by atoms with Gasteiger partial charge in [-0.3, -0.25) is 4.98 Å². The van der Waals surface area contributed by atoms with Gasteiger partial charge in [-0.25, -0.2) is 0 Å². The van der Waals surface area contributed by atoms with E-state index in [4.69, 9.17) is 4.98 Å². The lowest BCUT2D eigenvalue weighted by Gasteiger charge is -2.32. The molecule has 1 aliphatic rings. The molecule has 3 aromatic rings. The molecule has 0 atom stereocenters. The third-order valence-corrected chi connectivity index (χ3v) is 4.52. The Bertz CT molecular complexity index is 754. The summed E-state index contributed by atoms with van der Waals surface area (Å²) >= 11 is 0. The van der Waals surface area contributed by atoms with E-state index >= 15 is 0 Å². The molecule has 0 saturated carbocycles. The molecule has 0 spiro atoms. The lowest BCUT2D eigenvalue weighted by atomic mass is 10.2.